The van der Waals surface area contributed by atoms with E-state index < -0.39 is 0 Å². The Hall–Kier alpha value is -4.16. The minimum absolute atomic E-state index is 0.358. The van der Waals surface area contributed by atoms with Gasteiger partial charge in [0.15, 0.2) is 0 Å². The number of carbonyl (C=O) groups excluding carboxylic acids is 1. The molecule has 1 heterocycles. The highest BCUT2D eigenvalue weighted by atomic mass is 16.1. The molecule has 124 valence electrons. The molecular weight excluding hydrogens is 326 g/mol. The van der Waals surface area contributed by atoms with E-state index in [9.17, 15) is 4.79 Å². The molecule has 6 nitrogen and oxygen atoms in total. The van der Waals surface area contributed by atoms with Crippen LogP contribution in [0.4, 0.5) is 17.1 Å². The van der Waals surface area contributed by atoms with Gasteiger partial charge in [-0.15, -0.1) is 0 Å². The molecule has 0 fully saturated rings. The number of aromatic nitrogens is 1. The first-order chi connectivity index (χ1) is 12.7. The smallest absolute Gasteiger partial charge is 0.257 e. The van der Waals surface area contributed by atoms with Crippen molar-refractivity contribution in [1.29, 1.82) is 10.5 Å². The number of carbonyl (C=O) groups is 1. The van der Waals surface area contributed by atoms with Crippen LogP contribution in [0.25, 0.3) is 0 Å². The fraction of sp³-hybridized carbons (Fsp3) is 0. The minimum atomic E-state index is -0.358. The lowest BCUT2D eigenvalue weighted by atomic mass is 10.1. The number of amides is 1. The number of hydrogen-bond donors (Lipinski definition) is 2. The van der Waals surface area contributed by atoms with Crippen LogP contribution in [-0.4, -0.2) is 10.9 Å². The van der Waals surface area contributed by atoms with E-state index in [0.29, 0.717) is 28.1 Å². The summed E-state index contributed by atoms with van der Waals surface area (Å²) in [7, 11) is 0. The summed E-state index contributed by atoms with van der Waals surface area (Å²) in [4.78, 5) is 16.5. The fourth-order valence-electron chi connectivity index (χ4n) is 2.31. The first-order valence-electron chi connectivity index (χ1n) is 7.72. The van der Waals surface area contributed by atoms with Crippen molar-refractivity contribution in [3.05, 3.63) is 83.7 Å². The molecule has 0 aliphatic heterocycles. The lowest BCUT2D eigenvalue weighted by molar-refractivity contribution is 0.102. The summed E-state index contributed by atoms with van der Waals surface area (Å²) < 4.78 is 0. The van der Waals surface area contributed by atoms with Gasteiger partial charge in [-0.1, -0.05) is 12.1 Å². The summed E-state index contributed by atoms with van der Waals surface area (Å²) in [6.07, 6.45) is 3.05. The van der Waals surface area contributed by atoms with Crippen molar-refractivity contribution < 1.29 is 4.79 Å². The number of rotatable bonds is 4. The summed E-state index contributed by atoms with van der Waals surface area (Å²) in [5.74, 6) is -0.358. The number of pyridine rings is 1. The van der Waals surface area contributed by atoms with Gasteiger partial charge in [0.2, 0.25) is 0 Å². The maximum atomic E-state index is 12.4. The molecule has 0 bridgehead atoms. The Balaban J connectivity index is 1.77. The summed E-state index contributed by atoms with van der Waals surface area (Å²) in [5.41, 5.74) is 3.18. The maximum Gasteiger partial charge on any atom is 0.257 e. The summed E-state index contributed by atoms with van der Waals surface area (Å²) in [6, 6.07) is 19.5. The lowest BCUT2D eigenvalue weighted by Gasteiger charge is -2.09. The molecule has 2 N–H and O–H groups in total. The van der Waals surface area contributed by atoms with Crippen molar-refractivity contribution in [2.75, 3.05) is 10.6 Å². The molecule has 6 heteroatoms. The van der Waals surface area contributed by atoms with Crippen LogP contribution in [0, 0.1) is 22.7 Å². The van der Waals surface area contributed by atoms with Gasteiger partial charge in [0.1, 0.15) is 6.07 Å². The SMILES string of the molecule is N#Cc1ccc(Nc2cncc(C(=O)Nc3ccccc3C#N)c2)cc1. The molecule has 0 aliphatic carbocycles. The molecule has 1 amide bonds. The number of para-hydroxylation sites is 1. The van der Waals surface area contributed by atoms with Crippen LogP contribution in [0.1, 0.15) is 21.5 Å². The van der Waals surface area contributed by atoms with Gasteiger partial charge in [0.25, 0.3) is 5.91 Å². The third kappa shape index (κ3) is 3.84. The van der Waals surface area contributed by atoms with Crippen molar-refractivity contribution >= 4 is 23.0 Å². The molecule has 0 aliphatic rings. The number of nitrogens with one attached hydrogen (secondary N) is 2. The zero-order chi connectivity index (χ0) is 18.4. The number of anilines is 3. The van der Waals surface area contributed by atoms with Gasteiger partial charge < -0.3 is 10.6 Å². The first-order valence-corrected chi connectivity index (χ1v) is 7.72. The molecule has 0 spiro atoms. The molecule has 0 radical (unpaired) electrons. The fourth-order valence-corrected chi connectivity index (χ4v) is 2.31. The third-order valence-corrected chi connectivity index (χ3v) is 3.60. The van der Waals surface area contributed by atoms with Gasteiger partial charge in [-0.25, -0.2) is 0 Å². The number of benzene rings is 2. The maximum absolute atomic E-state index is 12.4. The van der Waals surface area contributed by atoms with Crippen LogP contribution in [0.2, 0.25) is 0 Å². The van der Waals surface area contributed by atoms with E-state index in [1.54, 1.807) is 60.8 Å². The molecular formula is C20H13N5O. The second-order valence-electron chi connectivity index (χ2n) is 5.39. The highest BCUT2D eigenvalue weighted by molar-refractivity contribution is 6.05. The van der Waals surface area contributed by atoms with E-state index in [4.69, 9.17) is 10.5 Å². The van der Waals surface area contributed by atoms with Crippen LogP contribution >= 0.6 is 0 Å². The summed E-state index contributed by atoms with van der Waals surface area (Å²) in [5, 5.41) is 23.8. The molecule has 3 aromatic rings. The number of nitriles is 2. The Kier molecular flexibility index (Phi) is 4.88. The van der Waals surface area contributed by atoms with Crippen LogP contribution in [0.3, 0.4) is 0 Å². The highest BCUT2D eigenvalue weighted by Crippen LogP contribution is 2.19. The molecule has 26 heavy (non-hydrogen) atoms. The molecule has 0 saturated heterocycles. The predicted molar refractivity (Wildman–Crippen MR) is 97.8 cm³/mol. The largest absolute Gasteiger partial charge is 0.354 e. The average molecular weight is 339 g/mol. The average Bonchev–Trinajstić information content (AvgIpc) is 2.69. The molecule has 0 saturated carbocycles. The van der Waals surface area contributed by atoms with Crippen molar-refractivity contribution in [3.8, 4) is 12.1 Å². The van der Waals surface area contributed by atoms with Gasteiger partial charge in [0.05, 0.1) is 40.3 Å². The van der Waals surface area contributed by atoms with Gasteiger partial charge >= 0.3 is 0 Å². The Morgan fingerprint density at radius 1 is 0.923 bits per heavy atom. The third-order valence-electron chi connectivity index (χ3n) is 3.60. The zero-order valence-electron chi connectivity index (χ0n) is 13.6. The molecule has 0 unspecified atom stereocenters. The van der Waals surface area contributed by atoms with Crippen molar-refractivity contribution in [1.82, 2.24) is 4.98 Å². The molecule has 3 rings (SSSR count). The van der Waals surface area contributed by atoms with Crippen molar-refractivity contribution in [2.45, 2.75) is 0 Å². The van der Waals surface area contributed by atoms with E-state index in [0.717, 1.165) is 5.69 Å². The minimum Gasteiger partial charge on any atom is -0.354 e. The van der Waals surface area contributed by atoms with E-state index in [1.807, 2.05) is 6.07 Å². The second kappa shape index (κ2) is 7.61. The van der Waals surface area contributed by atoms with Crippen molar-refractivity contribution in [3.63, 3.8) is 0 Å². The predicted octanol–water partition coefficient (Wildman–Crippen LogP) is 3.82. The Morgan fingerprint density at radius 2 is 1.69 bits per heavy atom. The standard InChI is InChI=1S/C20H13N5O/c21-10-14-5-7-17(8-6-14)24-18-9-16(12-23-13-18)20(26)25-19-4-2-1-3-15(19)11-22/h1-9,12-13,24H,(H,25,26). The zero-order valence-corrected chi connectivity index (χ0v) is 13.6. The normalized spacial score (nSPS) is 9.62. The van der Waals surface area contributed by atoms with Crippen molar-refractivity contribution in [2.24, 2.45) is 0 Å². The van der Waals surface area contributed by atoms with Gasteiger partial charge in [-0.2, -0.15) is 10.5 Å². The lowest BCUT2D eigenvalue weighted by Crippen LogP contribution is -2.13. The van der Waals surface area contributed by atoms with E-state index in [1.165, 1.54) is 6.20 Å². The van der Waals surface area contributed by atoms with Crippen LogP contribution in [-0.2, 0) is 0 Å². The Bertz CT molecular complexity index is 1030. The highest BCUT2D eigenvalue weighted by Gasteiger charge is 2.10. The first kappa shape index (κ1) is 16.7. The molecule has 1 aromatic heterocycles. The topological polar surface area (TPSA) is 102 Å². The Labute approximate surface area is 150 Å². The van der Waals surface area contributed by atoms with Gasteiger partial charge in [-0.05, 0) is 42.5 Å². The van der Waals surface area contributed by atoms with Gasteiger partial charge in [-0.3, -0.25) is 9.78 Å². The second-order valence-corrected chi connectivity index (χ2v) is 5.39. The summed E-state index contributed by atoms with van der Waals surface area (Å²) in [6.45, 7) is 0. The molecule has 0 atom stereocenters. The number of hydrogen-bond acceptors (Lipinski definition) is 5. The quantitative estimate of drug-likeness (QED) is 0.752. The van der Waals surface area contributed by atoms with E-state index >= 15 is 0 Å². The van der Waals surface area contributed by atoms with Gasteiger partial charge in [0, 0.05) is 11.9 Å². The monoisotopic (exact) mass is 339 g/mol. The molecule has 2 aromatic carbocycles. The van der Waals surface area contributed by atoms with Crippen LogP contribution < -0.4 is 10.6 Å². The van der Waals surface area contributed by atoms with Crippen LogP contribution in [0.15, 0.2) is 67.0 Å². The van der Waals surface area contributed by atoms with Crippen LogP contribution in [0.5, 0.6) is 0 Å². The van der Waals surface area contributed by atoms with E-state index in [-0.39, 0.29) is 5.91 Å². The van der Waals surface area contributed by atoms with E-state index in [2.05, 4.69) is 21.7 Å². The number of nitrogens with zero attached hydrogens (tertiary/aromatic N) is 3. The summed E-state index contributed by atoms with van der Waals surface area (Å²) >= 11 is 0. The Morgan fingerprint density at radius 3 is 2.42 bits per heavy atom.